The van der Waals surface area contributed by atoms with Crippen LogP contribution in [0.5, 0.6) is 17.2 Å². The summed E-state index contributed by atoms with van der Waals surface area (Å²) in [4.78, 5) is 14.4. The van der Waals surface area contributed by atoms with Gasteiger partial charge in [-0.25, -0.2) is 0 Å². The molecule has 0 aliphatic rings. The van der Waals surface area contributed by atoms with Crippen LogP contribution in [0.1, 0.15) is 15.2 Å². The van der Waals surface area contributed by atoms with E-state index in [1.165, 1.54) is 11.3 Å². The van der Waals surface area contributed by atoms with Gasteiger partial charge in [0, 0.05) is 10.4 Å². The summed E-state index contributed by atoms with van der Waals surface area (Å²) in [5.41, 5.74) is 1.59. The van der Waals surface area contributed by atoms with E-state index < -0.39 is 0 Å². The Bertz CT molecular complexity index is 898. The van der Waals surface area contributed by atoms with Crippen molar-refractivity contribution in [3.05, 3.63) is 65.0 Å². The third kappa shape index (κ3) is 3.51. The molecule has 0 atom stereocenters. The molecule has 0 bridgehead atoms. The lowest BCUT2D eigenvalue weighted by molar-refractivity contribution is 0.104. The average Bonchev–Trinajstić information content (AvgIpc) is 3.17. The Morgan fingerprint density at radius 1 is 0.840 bits per heavy atom. The Kier molecular flexibility index (Phi) is 5.05. The van der Waals surface area contributed by atoms with E-state index >= 15 is 0 Å². The molecule has 0 aliphatic heterocycles. The number of ether oxygens (including phenoxy) is 3. The van der Waals surface area contributed by atoms with Crippen molar-refractivity contribution in [2.45, 2.75) is 0 Å². The zero-order valence-corrected chi connectivity index (χ0v) is 15.1. The summed E-state index contributed by atoms with van der Waals surface area (Å²) in [7, 11) is 4.80. The fourth-order valence-electron chi connectivity index (χ4n) is 2.51. The molecule has 0 radical (unpaired) electrons. The molecule has 5 heteroatoms. The highest BCUT2D eigenvalue weighted by Gasteiger charge is 2.14. The van der Waals surface area contributed by atoms with Gasteiger partial charge in [-0.2, -0.15) is 0 Å². The van der Waals surface area contributed by atoms with Crippen molar-refractivity contribution in [2.75, 3.05) is 21.3 Å². The largest absolute Gasteiger partial charge is 0.497 e. The first kappa shape index (κ1) is 17.0. The van der Waals surface area contributed by atoms with Crippen molar-refractivity contribution >= 4 is 17.1 Å². The second-order valence-corrected chi connectivity index (χ2v) is 6.38. The molecule has 0 N–H and O–H groups in total. The molecular weight excluding hydrogens is 336 g/mol. The first-order valence-electron chi connectivity index (χ1n) is 7.67. The van der Waals surface area contributed by atoms with Crippen molar-refractivity contribution < 1.29 is 19.0 Å². The van der Waals surface area contributed by atoms with E-state index in [0.29, 0.717) is 27.7 Å². The maximum Gasteiger partial charge on any atom is 0.203 e. The molecule has 0 unspecified atom stereocenters. The molecular formula is C20H18O4S. The van der Waals surface area contributed by atoms with Gasteiger partial charge in [-0.3, -0.25) is 4.79 Å². The molecule has 128 valence electrons. The first-order valence-corrected chi connectivity index (χ1v) is 8.49. The summed E-state index contributed by atoms with van der Waals surface area (Å²) in [6.45, 7) is 0. The average molecular weight is 354 g/mol. The van der Waals surface area contributed by atoms with Crippen molar-refractivity contribution in [3.8, 4) is 27.7 Å². The maximum atomic E-state index is 12.7. The normalized spacial score (nSPS) is 10.4. The van der Waals surface area contributed by atoms with E-state index in [4.69, 9.17) is 14.2 Å². The van der Waals surface area contributed by atoms with Crippen molar-refractivity contribution in [3.63, 3.8) is 0 Å². The van der Waals surface area contributed by atoms with Crippen LogP contribution in [-0.2, 0) is 0 Å². The Hall–Kier alpha value is -2.79. The van der Waals surface area contributed by atoms with Crippen molar-refractivity contribution in [2.24, 2.45) is 0 Å². The standard InChI is InChI=1S/C20H18O4S/c1-22-15-6-4-5-14(11-15)20(21)19-10-9-18(25-19)13-7-8-16(23-2)17(12-13)24-3/h4-12H,1-3H3. The molecule has 0 amide bonds. The maximum absolute atomic E-state index is 12.7. The number of carbonyl (C=O) groups excluding carboxylic acids is 1. The fourth-order valence-corrected chi connectivity index (χ4v) is 3.48. The van der Waals surface area contributed by atoms with Crippen molar-refractivity contribution in [1.82, 2.24) is 0 Å². The van der Waals surface area contributed by atoms with E-state index in [1.807, 2.05) is 42.5 Å². The summed E-state index contributed by atoms with van der Waals surface area (Å²) in [5, 5.41) is 0. The highest BCUT2D eigenvalue weighted by molar-refractivity contribution is 7.17. The summed E-state index contributed by atoms with van der Waals surface area (Å²) >= 11 is 1.45. The monoisotopic (exact) mass is 354 g/mol. The number of ketones is 1. The molecule has 25 heavy (non-hydrogen) atoms. The highest BCUT2D eigenvalue weighted by atomic mass is 32.1. The van der Waals surface area contributed by atoms with E-state index in [0.717, 1.165) is 10.4 Å². The molecule has 1 aromatic heterocycles. The molecule has 2 aromatic carbocycles. The van der Waals surface area contributed by atoms with Gasteiger partial charge in [0.15, 0.2) is 11.5 Å². The number of carbonyl (C=O) groups is 1. The van der Waals surface area contributed by atoms with Crippen LogP contribution in [0.3, 0.4) is 0 Å². The molecule has 0 spiro atoms. The van der Waals surface area contributed by atoms with Gasteiger partial charge in [0.05, 0.1) is 26.2 Å². The Morgan fingerprint density at radius 2 is 1.64 bits per heavy atom. The predicted octanol–water partition coefficient (Wildman–Crippen LogP) is 4.67. The van der Waals surface area contributed by atoms with E-state index in [-0.39, 0.29) is 5.78 Å². The second kappa shape index (κ2) is 7.40. The SMILES string of the molecule is COc1cccc(C(=O)c2ccc(-c3ccc(OC)c(OC)c3)s2)c1. The van der Waals surface area contributed by atoms with Gasteiger partial charge in [0.1, 0.15) is 5.75 Å². The van der Waals surface area contributed by atoms with Gasteiger partial charge in [-0.15, -0.1) is 11.3 Å². The number of benzene rings is 2. The van der Waals surface area contributed by atoms with Crippen molar-refractivity contribution in [1.29, 1.82) is 0 Å². The quantitative estimate of drug-likeness (QED) is 0.603. The number of rotatable bonds is 6. The van der Waals surface area contributed by atoms with Crippen LogP contribution in [0.15, 0.2) is 54.6 Å². The van der Waals surface area contributed by atoms with Crippen LogP contribution < -0.4 is 14.2 Å². The highest BCUT2D eigenvalue weighted by Crippen LogP contribution is 2.35. The van der Waals surface area contributed by atoms with Crippen LogP contribution in [0.25, 0.3) is 10.4 Å². The molecule has 0 saturated carbocycles. The second-order valence-electron chi connectivity index (χ2n) is 5.29. The molecule has 4 nitrogen and oxygen atoms in total. The molecule has 3 rings (SSSR count). The summed E-state index contributed by atoms with van der Waals surface area (Å²) < 4.78 is 15.8. The van der Waals surface area contributed by atoms with Gasteiger partial charge >= 0.3 is 0 Å². The third-order valence-electron chi connectivity index (χ3n) is 3.83. The fraction of sp³-hybridized carbons (Fsp3) is 0.150. The zero-order valence-electron chi connectivity index (χ0n) is 14.2. The summed E-state index contributed by atoms with van der Waals surface area (Å²) in [6, 6.07) is 16.7. The molecule has 3 aromatic rings. The minimum atomic E-state index is -0.0179. The number of hydrogen-bond donors (Lipinski definition) is 0. The number of thiophene rings is 1. The van der Waals surface area contributed by atoms with Crippen LogP contribution in [0, 0.1) is 0 Å². The van der Waals surface area contributed by atoms with Gasteiger partial charge in [0.25, 0.3) is 0 Å². The molecule has 0 saturated heterocycles. The topological polar surface area (TPSA) is 44.8 Å². The smallest absolute Gasteiger partial charge is 0.203 e. The number of methoxy groups -OCH3 is 3. The lowest BCUT2D eigenvalue weighted by Gasteiger charge is -2.08. The van der Waals surface area contributed by atoms with E-state index in [1.54, 1.807) is 33.5 Å². The third-order valence-corrected chi connectivity index (χ3v) is 4.96. The van der Waals surface area contributed by atoms with Gasteiger partial charge in [-0.05, 0) is 48.0 Å². The first-order chi connectivity index (χ1) is 12.2. The lowest BCUT2D eigenvalue weighted by atomic mass is 10.1. The van der Waals surface area contributed by atoms with Gasteiger partial charge in [0.2, 0.25) is 5.78 Å². The summed E-state index contributed by atoms with van der Waals surface area (Å²) in [6.07, 6.45) is 0. The van der Waals surface area contributed by atoms with Gasteiger partial charge in [-0.1, -0.05) is 12.1 Å². The predicted molar refractivity (Wildman–Crippen MR) is 99.3 cm³/mol. The van der Waals surface area contributed by atoms with E-state index in [2.05, 4.69) is 0 Å². The van der Waals surface area contributed by atoms with Crippen LogP contribution in [0.4, 0.5) is 0 Å². The van der Waals surface area contributed by atoms with Gasteiger partial charge < -0.3 is 14.2 Å². The zero-order chi connectivity index (χ0) is 17.8. The minimum Gasteiger partial charge on any atom is -0.497 e. The summed E-state index contributed by atoms with van der Waals surface area (Å²) in [5.74, 6) is 1.99. The van der Waals surface area contributed by atoms with Crippen LogP contribution in [-0.4, -0.2) is 27.1 Å². The van der Waals surface area contributed by atoms with Crippen LogP contribution in [0.2, 0.25) is 0 Å². The Morgan fingerprint density at radius 3 is 2.36 bits per heavy atom. The van der Waals surface area contributed by atoms with E-state index in [9.17, 15) is 4.79 Å². The molecule has 0 aliphatic carbocycles. The molecule has 0 fully saturated rings. The Labute approximate surface area is 150 Å². The number of hydrogen-bond acceptors (Lipinski definition) is 5. The minimum absolute atomic E-state index is 0.0179. The van der Waals surface area contributed by atoms with Crippen LogP contribution >= 0.6 is 11.3 Å². The molecule has 1 heterocycles. The lowest BCUT2D eigenvalue weighted by Crippen LogP contribution is -1.98. The Balaban J connectivity index is 1.90.